The highest BCUT2D eigenvalue weighted by atomic mass is 16.5. The Morgan fingerprint density at radius 1 is 1.06 bits per heavy atom. The van der Waals surface area contributed by atoms with Gasteiger partial charge in [-0.05, 0) is 37.7 Å². The van der Waals surface area contributed by atoms with Gasteiger partial charge in [-0.25, -0.2) is 4.68 Å². The van der Waals surface area contributed by atoms with Crippen LogP contribution in [0.4, 0.5) is 11.4 Å². The van der Waals surface area contributed by atoms with Gasteiger partial charge in [0, 0.05) is 37.4 Å². The molecule has 4 rings (SSSR count). The first-order chi connectivity index (χ1) is 16.0. The highest BCUT2D eigenvalue weighted by Crippen LogP contribution is 2.24. The molecule has 1 N–H and O–H groups in total. The molecule has 0 unspecified atom stereocenters. The van der Waals surface area contributed by atoms with Crippen LogP contribution in [0.15, 0.2) is 65.6 Å². The van der Waals surface area contributed by atoms with Crippen LogP contribution in [-0.2, 0) is 6.54 Å². The number of hydrogen-bond acceptors (Lipinski definition) is 6. The third-order valence-electron chi connectivity index (χ3n) is 5.65. The molecule has 1 aliphatic rings. The lowest BCUT2D eigenvalue weighted by molar-refractivity contribution is 0.0664. The standard InChI is InChI=1S/C25H29N5O3/c1-3-33-22-17-26-30(18-19-8-5-4-6-9-19)25(32)23(22)27-21-11-7-10-20(16-21)24(31)29-14-12-28(2)13-15-29/h4-11,16-17,27H,3,12-15,18H2,1-2H3. The Morgan fingerprint density at radius 2 is 1.82 bits per heavy atom. The summed E-state index contributed by atoms with van der Waals surface area (Å²) in [6.45, 7) is 5.74. The number of rotatable bonds is 7. The molecule has 2 aromatic carbocycles. The Balaban J connectivity index is 1.60. The van der Waals surface area contributed by atoms with Crippen molar-refractivity contribution in [3.8, 4) is 5.75 Å². The van der Waals surface area contributed by atoms with Gasteiger partial charge in [0.1, 0.15) is 0 Å². The monoisotopic (exact) mass is 447 g/mol. The van der Waals surface area contributed by atoms with Gasteiger partial charge in [0.25, 0.3) is 11.5 Å². The van der Waals surface area contributed by atoms with Gasteiger partial charge in [0.15, 0.2) is 11.4 Å². The Bertz CT molecular complexity index is 1150. The molecule has 0 radical (unpaired) electrons. The van der Waals surface area contributed by atoms with Gasteiger partial charge in [-0.1, -0.05) is 36.4 Å². The predicted molar refractivity (Wildman–Crippen MR) is 128 cm³/mol. The van der Waals surface area contributed by atoms with Crippen LogP contribution in [0.3, 0.4) is 0 Å². The van der Waals surface area contributed by atoms with Crippen LogP contribution in [-0.4, -0.2) is 65.3 Å². The molecule has 33 heavy (non-hydrogen) atoms. The Hall–Kier alpha value is -3.65. The molecule has 0 atom stereocenters. The normalized spacial score (nSPS) is 14.2. The van der Waals surface area contributed by atoms with Crippen LogP contribution in [0.5, 0.6) is 5.75 Å². The molecule has 0 spiro atoms. The fraction of sp³-hybridized carbons (Fsp3) is 0.320. The zero-order chi connectivity index (χ0) is 23.2. The van der Waals surface area contributed by atoms with Crippen molar-refractivity contribution in [3.63, 3.8) is 0 Å². The number of nitrogens with zero attached hydrogens (tertiary/aromatic N) is 4. The van der Waals surface area contributed by atoms with Gasteiger partial charge >= 0.3 is 0 Å². The van der Waals surface area contributed by atoms with Crippen LogP contribution in [0.2, 0.25) is 0 Å². The van der Waals surface area contributed by atoms with E-state index in [2.05, 4.69) is 22.4 Å². The lowest BCUT2D eigenvalue weighted by Crippen LogP contribution is -2.47. The minimum atomic E-state index is -0.291. The summed E-state index contributed by atoms with van der Waals surface area (Å²) in [5.41, 5.74) is 2.21. The van der Waals surface area contributed by atoms with E-state index in [1.54, 1.807) is 18.3 Å². The van der Waals surface area contributed by atoms with Crippen LogP contribution >= 0.6 is 0 Å². The number of benzene rings is 2. The topological polar surface area (TPSA) is 79.7 Å². The van der Waals surface area contributed by atoms with Crippen molar-refractivity contribution in [1.82, 2.24) is 19.6 Å². The first-order valence-corrected chi connectivity index (χ1v) is 11.2. The van der Waals surface area contributed by atoms with Crippen LogP contribution in [0.1, 0.15) is 22.8 Å². The van der Waals surface area contributed by atoms with Gasteiger partial charge in [0.2, 0.25) is 0 Å². The van der Waals surface area contributed by atoms with Crippen molar-refractivity contribution < 1.29 is 9.53 Å². The Labute approximate surface area is 193 Å². The number of aromatic nitrogens is 2. The molecule has 8 heteroatoms. The van der Waals surface area contributed by atoms with Crippen molar-refractivity contribution in [1.29, 1.82) is 0 Å². The van der Waals surface area contributed by atoms with Crippen LogP contribution < -0.4 is 15.6 Å². The number of amides is 1. The molecule has 0 bridgehead atoms. The summed E-state index contributed by atoms with van der Waals surface area (Å²) in [5, 5.41) is 7.46. The van der Waals surface area contributed by atoms with Gasteiger partial charge in [0.05, 0.1) is 19.3 Å². The second-order valence-electron chi connectivity index (χ2n) is 8.07. The maximum atomic E-state index is 13.2. The zero-order valence-electron chi connectivity index (χ0n) is 19.0. The minimum absolute atomic E-state index is 0.00648. The Morgan fingerprint density at radius 3 is 2.55 bits per heavy atom. The molecule has 1 saturated heterocycles. The smallest absolute Gasteiger partial charge is 0.294 e. The van der Waals surface area contributed by atoms with Crippen LogP contribution in [0, 0.1) is 0 Å². The van der Waals surface area contributed by atoms with E-state index in [-0.39, 0.29) is 11.5 Å². The van der Waals surface area contributed by atoms with Crippen molar-refractivity contribution >= 4 is 17.3 Å². The predicted octanol–water partition coefficient (Wildman–Crippen LogP) is 2.82. The van der Waals surface area contributed by atoms with E-state index in [1.807, 2.05) is 54.3 Å². The highest BCUT2D eigenvalue weighted by Gasteiger charge is 2.21. The largest absolute Gasteiger partial charge is 0.490 e. The molecule has 0 aliphatic carbocycles. The number of likely N-dealkylation sites (N-methyl/N-ethyl adjacent to an activating group) is 1. The highest BCUT2D eigenvalue weighted by molar-refractivity contribution is 5.95. The van der Waals surface area contributed by atoms with E-state index in [1.165, 1.54) is 4.68 Å². The summed E-state index contributed by atoms with van der Waals surface area (Å²) >= 11 is 0. The summed E-state index contributed by atoms with van der Waals surface area (Å²) in [7, 11) is 2.06. The van der Waals surface area contributed by atoms with E-state index >= 15 is 0 Å². The second-order valence-corrected chi connectivity index (χ2v) is 8.07. The first-order valence-electron chi connectivity index (χ1n) is 11.2. The number of piperazine rings is 1. The van der Waals surface area contributed by atoms with Crippen molar-refractivity contribution in [3.05, 3.63) is 82.3 Å². The average molecular weight is 448 g/mol. The number of carbonyl (C=O) groups excluding carboxylic acids is 1. The maximum Gasteiger partial charge on any atom is 0.294 e. The van der Waals surface area contributed by atoms with Gasteiger partial charge in [-0.3, -0.25) is 9.59 Å². The van der Waals surface area contributed by atoms with E-state index < -0.39 is 0 Å². The maximum absolute atomic E-state index is 13.2. The third kappa shape index (κ3) is 5.40. The molecule has 1 aromatic heterocycles. The summed E-state index contributed by atoms with van der Waals surface area (Å²) in [6, 6.07) is 16.9. The number of ether oxygens (including phenoxy) is 1. The molecule has 1 amide bonds. The molecule has 3 aromatic rings. The third-order valence-corrected chi connectivity index (χ3v) is 5.65. The second kappa shape index (κ2) is 10.3. The molecular weight excluding hydrogens is 418 g/mol. The van der Waals surface area contributed by atoms with Crippen molar-refractivity contribution in [2.75, 3.05) is 45.2 Å². The lowest BCUT2D eigenvalue weighted by Gasteiger charge is -2.32. The molecule has 2 heterocycles. The average Bonchev–Trinajstić information content (AvgIpc) is 2.84. The molecule has 0 saturated carbocycles. The number of nitrogens with one attached hydrogen (secondary N) is 1. The summed E-state index contributed by atoms with van der Waals surface area (Å²) < 4.78 is 7.06. The van der Waals surface area contributed by atoms with E-state index in [4.69, 9.17) is 4.74 Å². The minimum Gasteiger partial charge on any atom is -0.490 e. The molecule has 172 valence electrons. The first kappa shape index (κ1) is 22.5. The molecule has 1 aliphatic heterocycles. The number of carbonyl (C=O) groups is 1. The summed E-state index contributed by atoms with van der Waals surface area (Å²) in [6.07, 6.45) is 1.55. The van der Waals surface area contributed by atoms with E-state index in [0.29, 0.717) is 48.9 Å². The van der Waals surface area contributed by atoms with Crippen molar-refractivity contribution in [2.24, 2.45) is 0 Å². The van der Waals surface area contributed by atoms with E-state index in [0.717, 1.165) is 18.7 Å². The molecule has 8 nitrogen and oxygen atoms in total. The van der Waals surface area contributed by atoms with Gasteiger partial charge in [-0.15, -0.1) is 0 Å². The fourth-order valence-corrected chi connectivity index (χ4v) is 3.79. The van der Waals surface area contributed by atoms with Gasteiger partial charge in [-0.2, -0.15) is 5.10 Å². The summed E-state index contributed by atoms with van der Waals surface area (Å²) in [4.78, 5) is 30.3. The number of anilines is 2. The van der Waals surface area contributed by atoms with Crippen LogP contribution in [0.25, 0.3) is 0 Å². The quantitative estimate of drug-likeness (QED) is 0.600. The lowest BCUT2D eigenvalue weighted by atomic mass is 10.1. The van der Waals surface area contributed by atoms with Gasteiger partial charge < -0.3 is 19.9 Å². The fourth-order valence-electron chi connectivity index (χ4n) is 3.79. The number of hydrogen-bond donors (Lipinski definition) is 1. The Kier molecular flexibility index (Phi) is 7.04. The van der Waals surface area contributed by atoms with E-state index in [9.17, 15) is 9.59 Å². The zero-order valence-corrected chi connectivity index (χ0v) is 19.0. The molecule has 1 fully saturated rings. The molecular formula is C25H29N5O3. The summed E-state index contributed by atoms with van der Waals surface area (Å²) in [5.74, 6) is 0.371. The van der Waals surface area contributed by atoms with Crippen molar-refractivity contribution in [2.45, 2.75) is 13.5 Å². The SMILES string of the molecule is CCOc1cnn(Cc2ccccc2)c(=O)c1Nc1cccc(C(=O)N2CCN(C)CC2)c1.